The summed E-state index contributed by atoms with van der Waals surface area (Å²) >= 11 is 10.6. The van der Waals surface area contributed by atoms with E-state index in [0.29, 0.717) is 26.1 Å². The van der Waals surface area contributed by atoms with Crippen LogP contribution in [0, 0.1) is 0 Å². The molecule has 2 atom stereocenters. The first kappa shape index (κ1) is 29.3. The van der Waals surface area contributed by atoms with Crippen LogP contribution in [-0.2, 0) is 0 Å². The van der Waals surface area contributed by atoms with Crippen molar-refractivity contribution in [2.75, 3.05) is 13.2 Å². The fraction of sp³-hybridized carbons (Fsp3) is 0.176. The largest absolute Gasteiger partial charge is 0.490 e. The predicted octanol–water partition coefficient (Wildman–Crippen LogP) is 5.93. The first-order valence-electron chi connectivity index (χ1n) is 14.3. The fourth-order valence-corrected chi connectivity index (χ4v) is 5.78. The Morgan fingerprint density at radius 1 is 0.591 bits per heavy atom. The highest BCUT2D eigenvalue weighted by Gasteiger charge is 2.31. The third-order valence-corrected chi connectivity index (χ3v) is 8.01. The molecule has 0 aromatic heterocycles. The summed E-state index contributed by atoms with van der Waals surface area (Å²) in [4.78, 5) is 0. The molecule has 222 valence electrons. The highest BCUT2D eigenvalue weighted by Crippen LogP contribution is 2.34. The minimum Gasteiger partial charge on any atom is -0.490 e. The molecule has 0 saturated heterocycles. The third kappa shape index (κ3) is 6.56. The molecule has 10 heteroatoms. The predicted molar refractivity (Wildman–Crippen MR) is 182 cm³/mol. The Labute approximate surface area is 267 Å². The van der Waals surface area contributed by atoms with Crippen molar-refractivity contribution in [2.24, 2.45) is 21.7 Å². The standard InChI is InChI=1S/C34H32N6O2S2/c35-33(43)39-31(21-29(37-39)23-7-3-1-4-8-23)25-11-15-27(16-12-25)41-19-20-42-28-17-13-26(14-18-28)32-22-30(38-40(32)34(36)44)24-9-5-2-6-10-24/h1-18,31-32H,19-22H2,(H2,35,43)(H2,36,44). The summed E-state index contributed by atoms with van der Waals surface area (Å²) in [5.74, 6) is 1.51. The van der Waals surface area contributed by atoms with Gasteiger partial charge in [0.25, 0.3) is 0 Å². The van der Waals surface area contributed by atoms with E-state index in [0.717, 1.165) is 45.2 Å². The Balaban J connectivity index is 1.00. The van der Waals surface area contributed by atoms with E-state index in [1.54, 1.807) is 10.0 Å². The molecule has 0 fully saturated rings. The van der Waals surface area contributed by atoms with E-state index < -0.39 is 0 Å². The Morgan fingerprint density at radius 2 is 0.955 bits per heavy atom. The van der Waals surface area contributed by atoms with Gasteiger partial charge in [0.05, 0.1) is 23.5 Å². The Hall–Kier alpha value is -4.80. The molecule has 0 saturated carbocycles. The van der Waals surface area contributed by atoms with Crippen molar-refractivity contribution < 1.29 is 9.47 Å². The average molecular weight is 621 g/mol. The number of nitrogens with zero attached hydrogens (tertiary/aromatic N) is 4. The van der Waals surface area contributed by atoms with Crippen LogP contribution < -0.4 is 20.9 Å². The third-order valence-electron chi connectivity index (χ3n) is 7.64. The van der Waals surface area contributed by atoms with Gasteiger partial charge < -0.3 is 20.9 Å². The van der Waals surface area contributed by atoms with Gasteiger partial charge in [-0.25, -0.2) is 10.0 Å². The number of benzene rings is 4. The van der Waals surface area contributed by atoms with Crippen molar-refractivity contribution >= 4 is 46.1 Å². The van der Waals surface area contributed by atoms with Gasteiger partial charge >= 0.3 is 0 Å². The summed E-state index contributed by atoms with van der Waals surface area (Å²) in [6.45, 7) is 0.799. The zero-order valence-corrected chi connectivity index (χ0v) is 25.6. The molecule has 6 rings (SSSR count). The van der Waals surface area contributed by atoms with Gasteiger partial charge in [0, 0.05) is 12.8 Å². The molecule has 0 spiro atoms. The van der Waals surface area contributed by atoms with Gasteiger partial charge in [0.15, 0.2) is 10.2 Å². The second-order valence-electron chi connectivity index (χ2n) is 10.5. The quantitative estimate of drug-likeness (QED) is 0.175. The Bertz CT molecular complexity index is 1550. The van der Waals surface area contributed by atoms with E-state index in [-0.39, 0.29) is 22.3 Å². The number of nitrogens with two attached hydrogens (primary N) is 2. The second kappa shape index (κ2) is 13.2. The van der Waals surface area contributed by atoms with Gasteiger partial charge in [0.2, 0.25) is 0 Å². The number of ether oxygens (including phenoxy) is 2. The van der Waals surface area contributed by atoms with Crippen LogP contribution in [0.15, 0.2) is 119 Å². The molecule has 0 amide bonds. The van der Waals surface area contributed by atoms with Gasteiger partial charge in [-0.05, 0) is 71.0 Å². The molecular weight excluding hydrogens is 589 g/mol. The molecule has 2 unspecified atom stereocenters. The van der Waals surface area contributed by atoms with Gasteiger partial charge in [-0.3, -0.25) is 0 Å². The molecule has 8 nitrogen and oxygen atoms in total. The Morgan fingerprint density at radius 3 is 1.30 bits per heavy atom. The molecule has 2 heterocycles. The van der Waals surface area contributed by atoms with Crippen LogP contribution in [0.4, 0.5) is 0 Å². The lowest BCUT2D eigenvalue weighted by Crippen LogP contribution is -2.31. The van der Waals surface area contributed by atoms with Crippen LogP contribution in [0.5, 0.6) is 11.5 Å². The number of rotatable bonds is 9. The van der Waals surface area contributed by atoms with E-state index in [2.05, 4.69) is 0 Å². The highest BCUT2D eigenvalue weighted by molar-refractivity contribution is 7.80. The molecule has 4 N–H and O–H groups in total. The first-order chi connectivity index (χ1) is 21.5. The minimum atomic E-state index is -0.0590. The van der Waals surface area contributed by atoms with E-state index in [4.69, 9.17) is 55.6 Å². The van der Waals surface area contributed by atoms with E-state index >= 15 is 0 Å². The molecule has 2 aliphatic rings. The summed E-state index contributed by atoms with van der Waals surface area (Å²) in [7, 11) is 0. The lowest BCUT2D eigenvalue weighted by Gasteiger charge is -2.22. The molecule has 44 heavy (non-hydrogen) atoms. The number of hydrogen-bond acceptors (Lipinski definition) is 6. The molecular formula is C34H32N6O2S2. The van der Waals surface area contributed by atoms with Crippen LogP contribution in [-0.4, -0.2) is 44.9 Å². The fourth-order valence-electron chi connectivity index (χ4n) is 5.45. The van der Waals surface area contributed by atoms with Crippen molar-refractivity contribution in [2.45, 2.75) is 24.9 Å². The van der Waals surface area contributed by atoms with Gasteiger partial charge in [-0.2, -0.15) is 10.2 Å². The van der Waals surface area contributed by atoms with Crippen molar-refractivity contribution in [3.8, 4) is 11.5 Å². The minimum absolute atomic E-state index is 0.0590. The first-order valence-corrected chi connectivity index (χ1v) is 15.2. The maximum Gasteiger partial charge on any atom is 0.187 e. The summed E-state index contributed by atoms with van der Waals surface area (Å²) < 4.78 is 11.9. The van der Waals surface area contributed by atoms with Crippen molar-refractivity contribution in [3.63, 3.8) is 0 Å². The highest BCUT2D eigenvalue weighted by atomic mass is 32.1. The Kier molecular flexibility index (Phi) is 8.81. The molecule has 0 aliphatic carbocycles. The average Bonchev–Trinajstić information content (AvgIpc) is 3.71. The zero-order valence-electron chi connectivity index (χ0n) is 24.0. The molecule has 4 aromatic rings. The van der Waals surface area contributed by atoms with Crippen molar-refractivity contribution in [1.82, 2.24) is 10.0 Å². The van der Waals surface area contributed by atoms with E-state index in [1.165, 1.54) is 0 Å². The summed E-state index contributed by atoms with van der Waals surface area (Å²) in [5, 5.41) is 13.3. The molecule has 0 bridgehead atoms. The lowest BCUT2D eigenvalue weighted by molar-refractivity contribution is 0.217. The van der Waals surface area contributed by atoms with Gasteiger partial charge in [0.1, 0.15) is 24.7 Å². The summed E-state index contributed by atoms with van der Waals surface area (Å²) in [6.07, 6.45) is 1.43. The summed E-state index contributed by atoms with van der Waals surface area (Å²) in [6, 6.07) is 35.9. The van der Waals surface area contributed by atoms with Crippen LogP contribution in [0.3, 0.4) is 0 Å². The SMILES string of the molecule is NC(=S)N1N=C(c2ccccc2)CC1c1ccc(OCCOc2ccc(C3CC(c4ccccc4)=NN3C(N)=S)cc2)cc1. The topological polar surface area (TPSA) is 102 Å². The van der Waals surface area contributed by atoms with Crippen molar-refractivity contribution in [1.29, 1.82) is 0 Å². The van der Waals surface area contributed by atoms with Gasteiger partial charge in [-0.15, -0.1) is 0 Å². The van der Waals surface area contributed by atoms with Crippen LogP contribution in [0.2, 0.25) is 0 Å². The van der Waals surface area contributed by atoms with Gasteiger partial charge in [-0.1, -0.05) is 84.9 Å². The smallest absolute Gasteiger partial charge is 0.187 e. The normalized spacial score (nSPS) is 17.6. The summed E-state index contributed by atoms with van der Waals surface area (Å²) in [5.41, 5.74) is 18.2. The van der Waals surface area contributed by atoms with Crippen molar-refractivity contribution in [3.05, 3.63) is 131 Å². The van der Waals surface area contributed by atoms with Crippen LogP contribution in [0.25, 0.3) is 0 Å². The number of hydrogen-bond donors (Lipinski definition) is 2. The zero-order chi connectivity index (χ0) is 30.5. The maximum absolute atomic E-state index is 6.00. The maximum atomic E-state index is 6.00. The van der Waals surface area contributed by atoms with E-state index in [1.807, 2.05) is 109 Å². The number of hydrazone groups is 2. The van der Waals surface area contributed by atoms with Crippen LogP contribution >= 0.6 is 24.4 Å². The van der Waals surface area contributed by atoms with Crippen LogP contribution in [0.1, 0.15) is 47.2 Å². The number of thiocarbonyl (C=S) groups is 2. The second-order valence-corrected chi connectivity index (χ2v) is 11.3. The lowest BCUT2D eigenvalue weighted by atomic mass is 9.98. The molecule has 2 aliphatic heterocycles. The van der Waals surface area contributed by atoms with E-state index in [9.17, 15) is 0 Å². The molecule has 0 radical (unpaired) electrons. The molecule has 4 aromatic carbocycles. The monoisotopic (exact) mass is 620 g/mol.